The lowest BCUT2D eigenvalue weighted by atomic mass is 10.0. The normalized spacial score (nSPS) is 18.1. The number of hydrogen-bond donors (Lipinski definition) is 2. The van der Waals surface area contributed by atoms with Gasteiger partial charge in [-0.25, -0.2) is 0 Å². The predicted molar refractivity (Wildman–Crippen MR) is 60.9 cm³/mol. The number of nitrogen functional groups attached to an aromatic ring is 1. The summed E-state index contributed by atoms with van der Waals surface area (Å²) in [5.74, 6) is 0.711. The number of benzene rings is 1. The summed E-state index contributed by atoms with van der Waals surface area (Å²) in [6.45, 7) is 0. The van der Waals surface area contributed by atoms with E-state index in [4.69, 9.17) is 5.73 Å². The molecule has 0 heterocycles. The Labute approximate surface area is 92.3 Å². The maximum Gasteiger partial charge on any atom is 0.0813 e. The van der Waals surface area contributed by atoms with Crippen LogP contribution in [0.2, 0.25) is 0 Å². The monoisotopic (exact) mass is 255 g/mol. The third kappa shape index (κ3) is 2.28. The Hall–Kier alpha value is -0.540. The van der Waals surface area contributed by atoms with Crippen LogP contribution in [0.3, 0.4) is 0 Å². The molecule has 1 saturated carbocycles. The third-order valence-electron chi connectivity index (χ3n) is 2.66. The number of rotatable bonds is 3. The molecule has 0 amide bonds. The molecule has 1 aliphatic carbocycles. The van der Waals surface area contributed by atoms with Crippen molar-refractivity contribution in [3.05, 3.63) is 28.2 Å². The Morgan fingerprint density at radius 2 is 2.21 bits per heavy atom. The average Bonchev–Trinajstić information content (AvgIpc) is 2.93. The van der Waals surface area contributed by atoms with Crippen molar-refractivity contribution in [2.45, 2.75) is 25.4 Å². The Balaban J connectivity index is 2.15. The first kappa shape index (κ1) is 9.99. The highest BCUT2D eigenvalue weighted by Crippen LogP contribution is 2.39. The maximum absolute atomic E-state index is 9.94. The van der Waals surface area contributed by atoms with Gasteiger partial charge in [0, 0.05) is 15.7 Å². The van der Waals surface area contributed by atoms with Crippen LogP contribution in [-0.2, 0) is 0 Å². The van der Waals surface area contributed by atoms with E-state index in [0.717, 1.165) is 16.5 Å². The van der Waals surface area contributed by atoms with E-state index in [1.165, 1.54) is 12.8 Å². The van der Waals surface area contributed by atoms with Gasteiger partial charge >= 0.3 is 0 Å². The molecule has 0 saturated heterocycles. The van der Waals surface area contributed by atoms with E-state index in [-0.39, 0.29) is 0 Å². The molecule has 1 aromatic rings. The highest BCUT2D eigenvalue weighted by Gasteiger charge is 2.25. The minimum atomic E-state index is -0.403. The molecule has 1 aliphatic rings. The summed E-state index contributed by atoms with van der Waals surface area (Å²) < 4.78 is 0.969. The smallest absolute Gasteiger partial charge is 0.0813 e. The highest BCUT2D eigenvalue weighted by molar-refractivity contribution is 9.10. The Kier molecular flexibility index (Phi) is 2.79. The highest BCUT2D eigenvalue weighted by atomic mass is 79.9. The van der Waals surface area contributed by atoms with Crippen LogP contribution in [0.4, 0.5) is 5.69 Å². The van der Waals surface area contributed by atoms with Gasteiger partial charge in [0.15, 0.2) is 0 Å². The summed E-state index contributed by atoms with van der Waals surface area (Å²) in [5.41, 5.74) is 7.34. The van der Waals surface area contributed by atoms with Gasteiger partial charge in [-0.2, -0.15) is 0 Å². The van der Waals surface area contributed by atoms with Crippen molar-refractivity contribution in [2.24, 2.45) is 5.92 Å². The number of aliphatic hydroxyl groups is 1. The first-order valence-electron chi connectivity index (χ1n) is 4.90. The number of aliphatic hydroxyl groups excluding tert-OH is 1. The number of hydrogen-bond acceptors (Lipinski definition) is 2. The van der Waals surface area contributed by atoms with Crippen molar-refractivity contribution < 1.29 is 5.11 Å². The lowest BCUT2D eigenvalue weighted by Gasteiger charge is -2.13. The van der Waals surface area contributed by atoms with E-state index >= 15 is 0 Å². The summed E-state index contributed by atoms with van der Waals surface area (Å²) in [6, 6.07) is 5.63. The summed E-state index contributed by atoms with van der Waals surface area (Å²) in [5, 5.41) is 9.94. The molecular weight excluding hydrogens is 242 g/mol. The van der Waals surface area contributed by atoms with Gasteiger partial charge in [-0.05, 0) is 30.5 Å². The molecule has 1 unspecified atom stereocenters. The fourth-order valence-corrected chi connectivity index (χ4v) is 2.01. The molecule has 14 heavy (non-hydrogen) atoms. The zero-order valence-electron chi connectivity index (χ0n) is 7.91. The van der Waals surface area contributed by atoms with Crippen LogP contribution in [-0.4, -0.2) is 5.11 Å². The Morgan fingerprint density at radius 1 is 1.50 bits per heavy atom. The van der Waals surface area contributed by atoms with E-state index in [1.54, 1.807) is 0 Å². The fraction of sp³-hybridized carbons (Fsp3) is 0.455. The molecule has 0 radical (unpaired) electrons. The van der Waals surface area contributed by atoms with Crippen LogP contribution in [0.25, 0.3) is 0 Å². The molecule has 2 rings (SSSR count). The summed E-state index contributed by atoms with van der Waals surface area (Å²) in [7, 11) is 0. The SMILES string of the molecule is Nc1ccc(Br)cc1C(O)CC1CC1. The first-order valence-corrected chi connectivity index (χ1v) is 5.69. The van der Waals surface area contributed by atoms with Gasteiger partial charge in [-0.3, -0.25) is 0 Å². The molecule has 1 atom stereocenters. The molecule has 3 heteroatoms. The van der Waals surface area contributed by atoms with Gasteiger partial charge in [0.2, 0.25) is 0 Å². The second kappa shape index (κ2) is 3.91. The molecule has 0 aliphatic heterocycles. The van der Waals surface area contributed by atoms with E-state index in [2.05, 4.69) is 15.9 Å². The first-order chi connectivity index (χ1) is 6.66. The van der Waals surface area contributed by atoms with E-state index in [0.29, 0.717) is 11.6 Å². The van der Waals surface area contributed by atoms with Crippen molar-refractivity contribution >= 4 is 21.6 Å². The third-order valence-corrected chi connectivity index (χ3v) is 3.15. The molecule has 0 aromatic heterocycles. The molecule has 0 spiro atoms. The Morgan fingerprint density at radius 3 is 2.86 bits per heavy atom. The van der Waals surface area contributed by atoms with Crippen molar-refractivity contribution in [3.8, 4) is 0 Å². The van der Waals surface area contributed by atoms with Crippen LogP contribution >= 0.6 is 15.9 Å². The minimum Gasteiger partial charge on any atom is -0.398 e. The largest absolute Gasteiger partial charge is 0.398 e. The molecule has 76 valence electrons. The molecule has 2 nitrogen and oxygen atoms in total. The van der Waals surface area contributed by atoms with Gasteiger partial charge in [-0.15, -0.1) is 0 Å². The van der Waals surface area contributed by atoms with Crippen molar-refractivity contribution in [1.29, 1.82) is 0 Å². The van der Waals surface area contributed by atoms with Crippen LogP contribution < -0.4 is 5.73 Å². The number of halogens is 1. The zero-order valence-corrected chi connectivity index (χ0v) is 9.50. The predicted octanol–water partition coefficient (Wildman–Crippen LogP) is 2.86. The number of anilines is 1. The topological polar surface area (TPSA) is 46.2 Å². The average molecular weight is 256 g/mol. The quantitative estimate of drug-likeness (QED) is 0.817. The molecule has 1 fully saturated rings. The second-order valence-corrected chi connectivity index (χ2v) is 4.88. The fourth-order valence-electron chi connectivity index (χ4n) is 1.63. The Bertz CT molecular complexity index is 336. The van der Waals surface area contributed by atoms with Gasteiger partial charge in [-0.1, -0.05) is 28.8 Å². The van der Waals surface area contributed by atoms with Gasteiger partial charge in [0.05, 0.1) is 6.10 Å². The van der Waals surface area contributed by atoms with Crippen molar-refractivity contribution in [1.82, 2.24) is 0 Å². The zero-order chi connectivity index (χ0) is 10.1. The lowest BCUT2D eigenvalue weighted by Crippen LogP contribution is -2.02. The van der Waals surface area contributed by atoms with Crippen LogP contribution in [0.1, 0.15) is 30.9 Å². The van der Waals surface area contributed by atoms with Crippen molar-refractivity contribution in [2.75, 3.05) is 5.73 Å². The van der Waals surface area contributed by atoms with Crippen LogP contribution in [0.15, 0.2) is 22.7 Å². The summed E-state index contributed by atoms with van der Waals surface area (Å²) >= 11 is 3.38. The number of nitrogens with two attached hydrogens (primary N) is 1. The van der Waals surface area contributed by atoms with Gasteiger partial charge < -0.3 is 10.8 Å². The molecule has 1 aromatic carbocycles. The summed E-state index contributed by atoms with van der Waals surface area (Å²) in [4.78, 5) is 0. The van der Waals surface area contributed by atoms with Gasteiger partial charge in [0.1, 0.15) is 0 Å². The standard InChI is InChI=1S/C11H14BrNO/c12-8-3-4-10(13)9(6-8)11(14)5-7-1-2-7/h3-4,6-7,11,14H,1-2,5,13H2. The van der Waals surface area contributed by atoms with Crippen LogP contribution in [0.5, 0.6) is 0 Å². The minimum absolute atomic E-state index is 0.403. The maximum atomic E-state index is 9.94. The van der Waals surface area contributed by atoms with Gasteiger partial charge in [0.25, 0.3) is 0 Å². The molecule has 3 N–H and O–H groups in total. The van der Waals surface area contributed by atoms with Crippen molar-refractivity contribution in [3.63, 3.8) is 0 Å². The van der Waals surface area contributed by atoms with Crippen LogP contribution in [0, 0.1) is 5.92 Å². The lowest BCUT2D eigenvalue weighted by molar-refractivity contribution is 0.161. The molecular formula is C11H14BrNO. The summed E-state index contributed by atoms with van der Waals surface area (Å²) in [6.07, 6.45) is 2.95. The van der Waals surface area contributed by atoms with E-state index in [1.807, 2.05) is 18.2 Å². The van der Waals surface area contributed by atoms with E-state index in [9.17, 15) is 5.11 Å². The van der Waals surface area contributed by atoms with E-state index < -0.39 is 6.10 Å². The second-order valence-electron chi connectivity index (χ2n) is 3.97. The molecule has 0 bridgehead atoms.